The Morgan fingerprint density at radius 1 is 1.59 bits per heavy atom. The van der Waals surface area contributed by atoms with Gasteiger partial charge in [0, 0.05) is 0 Å². The van der Waals surface area contributed by atoms with Gasteiger partial charge in [-0.05, 0) is 35.0 Å². The molecule has 1 aromatic rings. The summed E-state index contributed by atoms with van der Waals surface area (Å²) in [4.78, 5) is 25.8. The number of nitrogens with two attached hydrogens (primary N) is 1. The Balaban J connectivity index is 2.51. The monoisotopic (exact) mass is 319 g/mol. The van der Waals surface area contributed by atoms with Crippen LogP contribution < -0.4 is 10.5 Å². The molecule has 0 aliphatic carbocycles. The molecular formula is C9H10BrN3O3S. The van der Waals surface area contributed by atoms with Gasteiger partial charge in [-0.2, -0.15) is 0 Å². The second kappa shape index (κ2) is 6.45. The maximum Gasteiger partial charge on any atom is 0.388 e. The van der Waals surface area contributed by atoms with Gasteiger partial charge in [-0.1, -0.05) is 6.07 Å². The Labute approximate surface area is 111 Å². The number of amides is 2. The van der Waals surface area contributed by atoms with Crippen LogP contribution in [-0.2, 0) is 4.74 Å². The van der Waals surface area contributed by atoms with E-state index in [1.807, 2.05) is 0 Å². The predicted octanol–water partition coefficient (Wildman–Crippen LogP) is 2.36. The summed E-state index contributed by atoms with van der Waals surface area (Å²) < 4.78 is 7.73. The summed E-state index contributed by atoms with van der Waals surface area (Å²) in [5.74, 6) is 0. The van der Waals surface area contributed by atoms with Crippen molar-refractivity contribution in [1.82, 2.24) is 9.71 Å². The number of primary amides is 1. The van der Waals surface area contributed by atoms with Gasteiger partial charge in [0.1, 0.15) is 10.7 Å². The van der Waals surface area contributed by atoms with Crippen molar-refractivity contribution in [3.63, 3.8) is 0 Å². The van der Waals surface area contributed by atoms with Crippen LogP contribution in [0.3, 0.4) is 0 Å². The second-order valence-electron chi connectivity index (χ2n) is 2.96. The highest BCUT2D eigenvalue weighted by molar-refractivity contribution is 9.10. The Bertz CT molecular complexity index is 430. The lowest BCUT2D eigenvalue weighted by Crippen LogP contribution is -2.25. The molecule has 8 heteroatoms. The molecular weight excluding hydrogens is 310 g/mol. The Hall–Kier alpha value is -1.28. The maximum atomic E-state index is 11.2. The molecule has 92 valence electrons. The number of aromatic nitrogens is 1. The van der Waals surface area contributed by atoms with E-state index in [1.54, 1.807) is 25.1 Å². The number of carbonyl (C=O) groups excluding carboxylic acids is 2. The molecule has 0 aliphatic rings. The molecule has 17 heavy (non-hydrogen) atoms. The smallest absolute Gasteiger partial charge is 0.388 e. The zero-order chi connectivity index (χ0) is 12.8. The number of pyridine rings is 1. The van der Waals surface area contributed by atoms with Gasteiger partial charge >= 0.3 is 11.3 Å². The highest BCUT2D eigenvalue weighted by Crippen LogP contribution is 2.19. The van der Waals surface area contributed by atoms with Crippen molar-refractivity contribution in [2.24, 2.45) is 5.73 Å². The zero-order valence-electron chi connectivity index (χ0n) is 8.84. The van der Waals surface area contributed by atoms with Crippen LogP contribution >= 0.6 is 27.9 Å². The molecule has 0 aromatic carbocycles. The van der Waals surface area contributed by atoms with E-state index in [2.05, 4.69) is 25.6 Å². The standard InChI is InChI=1S/C9H10BrN3O3S/c1-5(6-3-2-4-7(10)12-6)16-9(15)17-13-8(11)14/h2-5H,1H3,(H3,11,13,14)/t5-/m0/s1. The van der Waals surface area contributed by atoms with E-state index < -0.39 is 17.4 Å². The van der Waals surface area contributed by atoms with Crippen molar-refractivity contribution in [3.05, 3.63) is 28.5 Å². The molecule has 1 atom stereocenters. The Morgan fingerprint density at radius 2 is 2.29 bits per heavy atom. The first kappa shape index (κ1) is 13.8. The minimum absolute atomic E-state index is 0.487. The number of halogens is 1. The van der Waals surface area contributed by atoms with E-state index in [-0.39, 0.29) is 0 Å². The SMILES string of the molecule is C[C@H](OC(=O)SNC(N)=O)c1cccc(Br)n1. The summed E-state index contributed by atoms with van der Waals surface area (Å²) in [5, 5.41) is -0.655. The van der Waals surface area contributed by atoms with Crippen LogP contribution in [-0.4, -0.2) is 16.3 Å². The van der Waals surface area contributed by atoms with Crippen molar-refractivity contribution in [3.8, 4) is 0 Å². The molecule has 0 unspecified atom stereocenters. The average molecular weight is 320 g/mol. The molecule has 0 spiro atoms. The number of hydrogen-bond donors (Lipinski definition) is 2. The number of nitrogens with zero attached hydrogens (tertiary/aromatic N) is 1. The summed E-state index contributed by atoms with van der Waals surface area (Å²) >= 11 is 3.70. The summed E-state index contributed by atoms with van der Waals surface area (Å²) in [6.45, 7) is 1.68. The van der Waals surface area contributed by atoms with Crippen molar-refractivity contribution in [2.75, 3.05) is 0 Å². The van der Waals surface area contributed by atoms with E-state index in [0.29, 0.717) is 22.2 Å². The van der Waals surface area contributed by atoms with Gasteiger partial charge in [0.25, 0.3) is 0 Å². The van der Waals surface area contributed by atoms with Gasteiger partial charge in [-0.25, -0.2) is 14.6 Å². The first-order chi connectivity index (χ1) is 7.99. The van der Waals surface area contributed by atoms with Crippen molar-refractivity contribution < 1.29 is 14.3 Å². The largest absolute Gasteiger partial charge is 0.447 e. The number of ether oxygens (including phenoxy) is 1. The number of rotatable bonds is 2. The molecule has 1 rings (SSSR count). The highest BCUT2D eigenvalue weighted by Gasteiger charge is 2.14. The van der Waals surface area contributed by atoms with Gasteiger partial charge < -0.3 is 10.5 Å². The Kier molecular flexibility index (Phi) is 5.23. The lowest BCUT2D eigenvalue weighted by atomic mass is 10.2. The summed E-state index contributed by atoms with van der Waals surface area (Å²) in [5.41, 5.74) is 5.41. The van der Waals surface area contributed by atoms with E-state index in [1.165, 1.54) is 0 Å². The van der Waals surface area contributed by atoms with Gasteiger partial charge in [0.2, 0.25) is 0 Å². The topological polar surface area (TPSA) is 94.3 Å². The molecule has 1 heterocycles. The molecule has 6 nitrogen and oxygen atoms in total. The predicted molar refractivity (Wildman–Crippen MR) is 67.1 cm³/mol. The molecule has 0 bridgehead atoms. The van der Waals surface area contributed by atoms with Crippen molar-refractivity contribution in [1.29, 1.82) is 0 Å². The molecule has 3 N–H and O–H groups in total. The van der Waals surface area contributed by atoms with Crippen LogP contribution in [0.4, 0.5) is 9.59 Å². The first-order valence-electron chi connectivity index (χ1n) is 4.54. The van der Waals surface area contributed by atoms with E-state index in [4.69, 9.17) is 10.5 Å². The fraction of sp³-hybridized carbons (Fsp3) is 0.222. The van der Waals surface area contributed by atoms with Crippen LogP contribution in [0.15, 0.2) is 22.8 Å². The third-order valence-corrected chi connectivity index (χ3v) is 2.67. The number of nitrogens with one attached hydrogen (secondary N) is 1. The number of urea groups is 1. The zero-order valence-corrected chi connectivity index (χ0v) is 11.2. The minimum Gasteiger partial charge on any atom is -0.447 e. The highest BCUT2D eigenvalue weighted by atomic mass is 79.9. The lowest BCUT2D eigenvalue weighted by Gasteiger charge is -2.12. The van der Waals surface area contributed by atoms with Crippen LogP contribution in [0.1, 0.15) is 18.7 Å². The quantitative estimate of drug-likeness (QED) is 0.495. The first-order valence-corrected chi connectivity index (χ1v) is 6.15. The molecule has 0 saturated heterocycles. The van der Waals surface area contributed by atoms with Gasteiger partial charge in [0.05, 0.1) is 17.6 Å². The third-order valence-electron chi connectivity index (χ3n) is 1.66. The normalized spacial score (nSPS) is 11.6. The molecule has 0 aliphatic heterocycles. The van der Waals surface area contributed by atoms with Gasteiger partial charge in [-0.15, -0.1) is 0 Å². The minimum atomic E-state index is -0.805. The van der Waals surface area contributed by atoms with E-state index in [0.717, 1.165) is 0 Å². The van der Waals surface area contributed by atoms with Crippen LogP contribution in [0.2, 0.25) is 0 Å². The van der Waals surface area contributed by atoms with Gasteiger partial charge in [-0.3, -0.25) is 4.72 Å². The summed E-state index contributed by atoms with van der Waals surface area (Å²) in [6, 6.07) is 4.47. The molecule has 0 radical (unpaired) electrons. The van der Waals surface area contributed by atoms with Crippen LogP contribution in [0.5, 0.6) is 0 Å². The second-order valence-corrected chi connectivity index (χ2v) is 4.52. The van der Waals surface area contributed by atoms with Crippen molar-refractivity contribution in [2.45, 2.75) is 13.0 Å². The third kappa shape index (κ3) is 5.05. The van der Waals surface area contributed by atoms with Crippen molar-refractivity contribution >= 4 is 39.2 Å². The summed E-state index contributed by atoms with van der Waals surface area (Å²) in [6.07, 6.45) is -0.512. The number of carbonyl (C=O) groups is 2. The van der Waals surface area contributed by atoms with Crippen LogP contribution in [0, 0.1) is 0 Å². The van der Waals surface area contributed by atoms with E-state index >= 15 is 0 Å². The lowest BCUT2D eigenvalue weighted by molar-refractivity contribution is 0.131. The molecule has 2 amide bonds. The number of hydrogen-bond acceptors (Lipinski definition) is 5. The van der Waals surface area contributed by atoms with Crippen LogP contribution in [0.25, 0.3) is 0 Å². The summed E-state index contributed by atoms with van der Waals surface area (Å²) in [7, 11) is 0. The fourth-order valence-electron chi connectivity index (χ4n) is 0.971. The molecule has 0 saturated carbocycles. The fourth-order valence-corrected chi connectivity index (χ4v) is 1.70. The maximum absolute atomic E-state index is 11.2. The van der Waals surface area contributed by atoms with Gasteiger partial charge in [0.15, 0.2) is 0 Å². The molecule has 1 aromatic heterocycles. The van der Waals surface area contributed by atoms with E-state index in [9.17, 15) is 9.59 Å². The Morgan fingerprint density at radius 3 is 2.88 bits per heavy atom. The average Bonchev–Trinajstić information content (AvgIpc) is 2.26. The molecule has 0 fully saturated rings.